The molecule has 0 spiro atoms. The number of benzene rings is 2. The molecule has 2 aromatic carbocycles. The summed E-state index contributed by atoms with van der Waals surface area (Å²) < 4.78 is 0. The SMILES string of the molecule is Cc1ccc(-c2cnn(-c3ccccc3)[n+]2[O-])cc1. The molecule has 3 rings (SSSR count). The van der Waals surface area contributed by atoms with Crippen LogP contribution in [0.3, 0.4) is 0 Å². The van der Waals surface area contributed by atoms with Crippen molar-refractivity contribution in [3.05, 3.63) is 71.6 Å². The van der Waals surface area contributed by atoms with Crippen LogP contribution in [0.15, 0.2) is 60.8 Å². The van der Waals surface area contributed by atoms with Gasteiger partial charge in [-0.3, -0.25) is 0 Å². The minimum absolute atomic E-state index is 0.545. The Balaban J connectivity index is 2.06. The molecule has 1 aromatic heterocycles. The van der Waals surface area contributed by atoms with E-state index in [0.717, 1.165) is 21.7 Å². The zero-order valence-electron chi connectivity index (χ0n) is 10.5. The lowest BCUT2D eigenvalue weighted by molar-refractivity contribution is -0.678. The first-order valence-corrected chi connectivity index (χ1v) is 6.06. The quantitative estimate of drug-likeness (QED) is 0.519. The molecule has 0 bridgehead atoms. The number of hydrogen-bond acceptors (Lipinski definition) is 2. The van der Waals surface area contributed by atoms with E-state index < -0.39 is 0 Å². The standard InChI is InChI=1S/C15H13N3O/c1-12-7-9-13(10-8-12)15-11-16-17(18(15)19)14-5-3-2-4-6-14/h2-11H,1H3. The first kappa shape index (κ1) is 11.5. The summed E-state index contributed by atoms with van der Waals surface area (Å²) in [4.78, 5) is 2.15. The third-order valence-corrected chi connectivity index (χ3v) is 3.00. The summed E-state index contributed by atoms with van der Waals surface area (Å²) in [7, 11) is 0. The summed E-state index contributed by atoms with van der Waals surface area (Å²) in [6.07, 6.45) is 1.59. The van der Waals surface area contributed by atoms with Gasteiger partial charge in [-0.2, -0.15) is 0 Å². The molecule has 4 nitrogen and oxygen atoms in total. The van der Waals surface area contributed by atoms with Gasteiger partial charge in [0.2, 0.25) is 11.9 Å². The van der Waals surface area contributed by atoms with Gasteiger partial charge in [-0.1, -0.05) is 48.0 Å². The minimum atomic E-state index is 0.545. The molecule has 0 saturated carbocycles. The summed E-state index contributed by atoms with van der Waals surface area (Å²) in [6.45, 7) is 2.02. The maximum absolute atomic E-state index is 12.3. The topological polar surface area (TPSA) is 44.8 Å². The van der Waals surface area contributed by atoms with Crippen LogP contribution >= 0.6 is 0 Å². The first-order chi connectivity index (χ1) is 9.25. The molecule has 19 heavy (non-hydrogen) atoms. The van der Waals surface area contributed by atoms with E-state index in [1.807, 2.05) is 61.5 Å². The van der Waals surface area contributed by atoms with Crippen LogP contribution in [0.25, 0.3) is 16.9 Å². The predicted molar refractivity (Wildman–Crippen MR) is 72.7 cm³/mol. The Kier molecular flexibility index (Phi) is 2.76. The van der Waals surface area contributed by atoms with Gasteiger partial charge in [0, 0.05) is 10.7 Å². The van der Waals surface area contributed by atoms with Crippen LogP contribution < -0.4 is 4.85 Å². The summed E-state index contributed by atoms with van der Waals surface area (Å²) in [5, 5.41) is 16.4. The highest BCUT2D eigenvalue weighted by Gasteiger charge is 2.15. The fraction of sp³-hybridized carbons (Fsp3) is 0.0667. The molecule has 0 saturated heterocycles. The second kappa shape index (κ2) is 4.57. The van der Waals surface area contributed by atoms with Gasteiger partial charge in [0.1, 0.15) is 5.69 Å². The van der Waals surface area contributed by atoms with Gasteiger partial charge in [-0.05, 0) is 23.9 Å². The molecule has 0 amide bonds. The summed E-state index contributed by atoms with van der Waals surface area (Å²) in [5.41, 5.74) is 3.32. The van der Waals surface area contributed by atoms with Crippen LogP contribution in [0.2, 0.25) is 0 Å². The molecule has 0 aliphatic carbocycles. The van der Waals surface area contributed by atoms with Gasteiger partial charge < -0.3 is 5.21 Å². The number of para-hydroxylation sites is 1. The fourth-order valence-electron chi connectivity index (χ4n) is 1.95. The predicted octanol–water partition coefficient (Wildman–Crippen LogP) is 2.48. The van der Waals surface area contributed by atoms with Crippen molar-refractivity contribution in [1.29, 1.82) is 0 Å². The average Bonchev–Trinajstić information content (AvgIpc) is 2.83. The Hall–Kier alpha value is -2.62. The van der Waals surface area contributed by atoms with Crippen LogP contribution in [0, 0.1) is 12.1 Å². The number of aryl methyl sites for hydroxylation is 1. The van der Waals surface area contributed by atoms with Crippen molar-refractivity contribution in [2.75, 3.05) is 0 Å². The Morgan fingerprint density at radius 3 is 2.37 bits per heavy atom. The van der Waals surface area contributed by atoms with Crippen molar-refractivity contribution in [2.24, 2.45) is 0 Å². The van der Waals surface area contributed by atoms with E-state index in [-0.39, 0.29) is 0 Å². The molecule has 4 heteroatoms. The number of hydrogen-bond donors (Lipinski definition) is 0. The van der Waals surface area contributed by atoms with Gasteiger partial charge in [0.15, 0.2) is 0 Å². The van der Waals surface area contributed by atoms with E-state index in [1.165, 1.54) is 4.80 Å². The lowest BCUT2D eigenvalue weighted by atomic mass is 10.1. The van der Waals surface area contributed by atoms with Crippen LogP contribution in [-0.4, -0.2) is 9.90 Å². The monoisotopic (exact) mass is 251 g/mol. The molecule has 0 unspecified atom stereocenters. The Morgan fingerprint density at radius 2 is 1.68 bits per heavy atom. The normalized spacial score (nSPS) is 10.6. The van der Waals surface area contributed by atoms with Crippen LogP contribution in [-0.2, 0) is 0 Å². The van der Waals surface area contributed by atoms with Crippen molar-refractivity contribution < 1.29 is 4.85 Å². The van der Waals surface area contributed by atoms with E-state index in [1.54, 1.807) is 6.20 Å². The van der Waals surface area contributed by atoms with E-state index in [9.17, 15) is 5.21 Å². The lowest BCUT2D eigenvalue weighted by Crippen LogP contribution is -2.38. The molecule has 94 valence electrons. The van der Waals surface area contributed by atoms with Crippen molar-refractivity contribution >= 4 is 0 Å². The van der Waals surface area contributed by atoms with Gasteiger partial charge in [0.25, 0.3) is 0 Å². The second-order valence-corrected chi connectivity index (χ2v) is 4.39. The van der Waals surface area contributed by atoms with E-state index >= 15 is 0 Å². The van der Waals surface area contributed by atoms with Crippen LogP contribution in [0.1, 0.15) is 5.56 Å². The maximum atomic E-state index is 12.3. The van der Waals surface area contributed by atoms with Crippen molar-refractivity contribution in [3.63, 3.8) is 0 Å². The van der Waals surface area contributed by atoms with Crippen LogP contribution in [0.5, 0.6) is 0 Å². The molecule has 0 aliphatic heterocycles. The molecule has 0 N–H and O–H groups in total. The second-order valence-electron chi connectivity index (χ2n) is 4.39. The molecular formula is C15H13N3O. The fourth-order valence-corrected chi connectivity index (χ4v) is 1.95. The largest absolute Gasteiger partial charge is 0.692 e. The van der Waals surface area contributed by atoms with E-state index in [4.69, 9.17) is 0 Å². The van der Waals surface area contributed by atoms with Gasteiger partial charge >= 0.3 is 0 Å². The molecule has 1 heterocycles. The summed E-state index contributed by atoms with van der Waals surface area (Å²) in [6, 6.07) is 17.2. The van der Waals surface area contributed by atoms with Gasteiger partial charge in [-0.15, -0.1) is 4.85 Å². The first-order valence-electron chi connectivity index (χ1n) is 6.06. The molecule has 0 radical (unpaired) electrons. The highest BCUT2D eigenvalue weighted by atomic mass is 16.5. The molecule has 0 fully saturated rings. The Morgan fingerprint density at radius 1 is 1.00 bits per heavy atom. The van der Waals surface area contributed by atoms with Crippen LogP contribution in [0.4, 0.5) is 0 Å². The zero-order chi connectivity index (χ0) is 13.2. The number of rotatable bonds is 2. The molecule has 3 aromatic rings. The van der Waals surface area contributed by atoms with Gasteiger partial charge in [-0.25, -0.2) is 0 Å². The number of nitrogens with zero attached hydrogens (tertiary/aromatic N) is 3. The number of aromatic nitrogens is 3. The minimum Gasteiger partial charge on any atom is -0.692 e. The molecule has 0 aliphatic rings. The third kappa shape index (κ3) is 2.08. The van der Waals surface area contributed by atoms with E-state index in [0.29, 0.717) is 5.69 Å². The highest BCUT2D eigenvalue weighted by molar-refractivity contribution is 5.55. The van der Waals surface area contributed by atoms with Crippen molar-refractivity contribution in [3.8, 4) is 16.9 Å². The van der Waals surface area contributed by atoms with E-state index in [2.05, 4.69) is 5.10 Å². The summed E-state index contributed by atoms with van der Waals surface area (Å²) in [5.74, 6) is 0. The lowest BCUT2D eigenvalue weighted by Gasteiger charge is -2.06. The molecular weight excluding hydrogens is 238 g/mol. The highest BCUT2D eigenvalue weighted by Crippen LogP contribution is 2.16. The Bertz CT molecular complexity index is 687. The smallest absolute Gasteiger partial charge is 0.215 e. The molecule has 0 atom stereocenters. The van der Waals surface area contributed by atoms with Gasteiger partial charge in [0.05, 0.1) is 0 Å². The summed E-state index contributed by atoms with van der Waals surface area (Å²) >= 11 is 0. The zero-order valence-corrected chi connectivity index (χ0v) is 10.5. The third-order valence-electron chi connectivity index (χ3n) is 3.00. The van der Waals surface area contributed by atoms with Crippen molar-refractivity contribution in [2.45, 2.75) is 6.92 Å². The maximum Gasteiger partial charge on any atom is 0.215 e. The van der Waals surface area contributed by atoms with Crippen molar-refractivity contribution in [1.82, 2.24) is 9.90 Å². The average molecular weight is 251 g/mol. The Labute approximate surface area is 111 Å².